The van der Waals surface area contributed by atoms with Crippen molar-refractivity contribution in [3.63, 3.8) is 0 Å². The van der Waals surface area contributed by atoms with Gasteiger partial charge in [0.1, 0.15) is 11.3 Å². The molecular weight excluding hydrogens is 310 g/mol. The van der Waals surface area contributed by atoms with Gasteiger partial charge in [0.05, 0.1) is 18.8 Å². The van der Waals surface area contributed by atoms with Gasteiger partial charge in [-0.05, 0) is 37.5 Å². The maximum Gasteiger partial charge on any atom is 0.269 e. The third-order valence-corrected chi connectivity index (χ3v) is 4.17. The van der Waals surface area contributed by atoms with E-state index in [1.807, 2.05) is 0 Å². The lowest BCUT2D eigenvalue weighted by Gasteiger charge is -2.35. The Morgan fingerprint density at radius 1 is 1.42 bits per heavy atom. The number of hydrogen-bond donors (Lipinski definition) is 2. The summed E-state index contributed by atoms with van der Waals surface area (Å²) in [7, 11) is 1.49. The Morgan fingerprint density at radius 3 is 2.96 bits per heavy atom. The van der Waals surface area contributed by atoms with Crippen LogP contribution in [0.5, 0.6) is 5.88 Å². The molecule has 0 saturated carbocycles. The highest BCUT2D eigenvalue weighted by Crippen LogP contribution is 2.32. The molecule has 3 N–H and O–H groups in total. The molecule has 0 spiro atoms. The van der Waals surface area contributed by atoms with Gasteiger partial charge in [0, 0.05) is 12.7 Å². The van der Waals surface area contributed by atoms with Gasteiger partial charge < -0.3 is 15.4 Å². The number of H-pyrrole nitrogens is 1. The van der Waals surface area contributed by atoms with E-state index in [0.717, 1.165) is 19.3 Å². The normalized spacial score (nSPS) is 17.5. The van der Waals surface area contributed by atoms with E-state index < -0.39 is 5.91 Å². The fraction of sp³-hybridized carbons (Fsp3) is 0.375. The molecule has 1 atom stereocenters. The standard InChI is InChI=1S/C16H19N5O3/c1-24-15-10(5-4-7-18-15)16(23)21-8-3-2-6-13(21)11-9-12(14(17)22)20-19-11/h4-5,7,9,13H,2-3,6,8H2,1H3,(H2,17,22)(H,19,20). The summed E-state index contributed by atoms with van der Waals surface area (Å²) in [5.74, 6) is -0.450. The van der Waals surface area contributed by atoms with E-state index in [-0.39, 0.29) is 17.6 Å². The van der Waals surface area contributed by atoms with Gasteiger partial charge in [0.15, 0.2) is 0 Å². The maximum absolute atomic E-state index is 13.0. The van der Waals surface area contributed by atoms with Gasteiger partial charge in [-0.3, -0.25) is 14.7 Å². The molecule has 2 aromatic heterocycles. The number of pyridine rings is 1. The first kappa shape index (κ1) is 16.0. The Hall–Kier alpha value is -2.90. The number of ether oxygens (including phenoxy) is 1. The average Bonchev–Trinajstić information content (AvgIpc) is 3.11. The van der Waals surface area contributed by atoms with Crippen molar-refractivity contribution >= 4 is 11.8 Å². The van der Waals surface area contributed by atoms with Crippen LogP contribution in [0.1, 0.15) is 51.8 Å². The van der Waals surface area contributed by atoms with Gasteiger partial charge in [0.25, 0.3) is 11.8 Å². The van der Waals surface area contributed by atoms with E-state index in [9.17, 15) is 9.59 Å². The number of amides is 2. The molecule has 1 unspecified atom stereocenters. The molecule has 1 fully saturated rings. The van der Waals surface area contributed by atoms with E-state index in [4.69, 9.17) is 10.5 Å². The molecule has 8 heteroatoms. The van der Waals surface area contributed by atoms with E-state index in [2.05, 4.69) is 15.2 Å². The summed E-state index contributed by atoms with van der Waals surface area (Å²) in [6, 6.07) is 4.83. The molecule has 24 heavy (non-hydrogen) atoms. The lowest BCUT2D eigenvalue weighted by atomic mass is 9.98. The van der Waals surface area contributed by atoms with Gasteiger partial charge in [-0.2, -0.15) is 5.10 Å². The molecule has 126 valence electrons. The van der Waals surface area contributed by atoms with Crippen molar-refractivity contribution < 1.29 is 14.3 Å². The Kier molecular flexibility index (Phi) is 4.45. The minimum Gasteiger partial charge on any atom is -0.480 e. The zero-order valence-electron chi connectivity index (χ0n) is 13.4. The van der Waals surface area contributed by atoms with Crippen molar-refractivity contribution in [2.24, 2.45) is 5.73 Å². The van der Waals surface area contributed by atoms with Crippen molar-refractivity contribution in [2.45, 2.75) is 25.3 Å². The molecule has 0 radical (unpaired) electrons. The third-order valence-electron chi connectivity index (χ3n) is 4.17. The van der Waals surface area contributed by atoms with E-state index >= 15 is 0 Å². The number of piperidine rings is 1. The molecule has 1 aliphatic heterocycles. The number of carbonyl (C=O) groups is 2. The molecule has 1 aliphatic rings. The number of hydrogen-bond acceptors (Lipinski definition) is 5. The van der Waals surface area contributed by atoms with Crippen molar-refractivity contribution in [1.29, 1.82) is 0 Å². The van der Waals surface area contributed by atoms with Crippen molar-refractivity contribution in [2.75, 3.05) is 13.7 Å². The van der Waals surface area contributed by atoms with Crippen molar-refractivity contribution in [1.82, 2.24) is 20.1 Å². The highest BCUT2D eigenvalue weighted by Gasteiger charge is 2.31. The van der Waals surface area contributed by atoms with Gasteiger partial charge >= 0.3 is 0 Å². The number of primary amides is 1. The van der Waals surface area contributed by atoms with E-state index in [1.54, 1.807) is 29.3 Å². The number of nitrogens with one attached hydrogen (secondary N) is 1. The van der Waals surface area contributed by atoms with Crippen LogP contribution in [0.15, 0.2) is 24.4 Å². The predicted molar refractivity (Wildman–Crippen MR) is 85.5 cm³/mol. The van der Waals surface area contributed by atoms with E-state index in [0.29, 0.717) is 23.7 Å². The van der Waals surface area contributed by atoms with Gasteiger partial charge in [0.2, 0.25) is 5.88 Å². The molecule has 0 aromatic carbocycles. The topological polar surface area (TPSA) is 114 Å². The summed E-state index contributed by atoms with van der Waals surface area (Å²) in [4.78, 5) is 30.1. The van der Waals surface area contributed by atoms with Gasteiger partial charge in [-0.1, -0.05) is 0 Å². The van der Waals surface area contributed by atoms with Crippen molar-refractivity contribution in [3.8, 4) is 5.88 Å². The Labute approximate surface area is 139 Å². The molecule has 2 amide bonds. The van der Waals surface area contributed by atoms with Crippen LogP contribution in [0.25, 0.3) is 0 Å². The lowest BCUT2D eigenvalue weighted by Crippen LogP contribution is -2.39. The fourth-order valence-electron chi connectivity index (χ4n) is 3.00. The Morgan fingerprint density at radius 2 is 2.25 bits per heavy atom. The molecule has 3 rings (SSSR count). The number of likely N-dealkylation sites (tertiary alicyclic amines) is 1. The molecular formula is C16H19N5O3. The molecule has 8 nitrogen and oxygen atoms in total. The Bertz CT molecular complexity index is 758. The summed E-state index contributed by atoms with van der Waals surface area (Å²) in [5.41, 5.74) is 6.55. The number of nitrogens with two attached hydrogens (primary N) is 1. The number of aromatic amines is 1. The van der Waals surface area contributed by atoms with Crippen LogP contribution >= 0.6 is 0 Å². The maximum atomic E-state index is 13.0. The van der Waals surface area contributed by atoms with E-state index in [1.165, 1.54) is 7.11 Å². The number of rotatable bonds is 4. The summed E-state index contributed by atoms with van der Waals surface area (Å²) >= 11 is 0. The second kappa shape index (κ2) is 6.69. The minimum absolute atomic E-state index is 0.153. The molecule has 1 saturated heterocycles. The van der Waals surface area contributed by atoms with Crippen LogP contribution in [0.3, 0.4) is 0 Å². The molecule has 3 heterocycles. The van der Waals surface area contributed by atoms with Crippen LogP contribution < -0.4 is 10.5 Å². The number of nitrogens with zero attached hydrogens (tertiary/aromatic N) is 3. The first-order valence-electron chi connectivity index (χ1n) is 7.77. The summed E-state index contributed by atoms with van der Waals surface area (Å²) in [6.07, 6.45) is 4.28. The van der Waals surface area contributed by atoms with Gasteiger partial charge in [-0.15, -0.1) is 0 Å². The number of carbonyl (C=O) groups excluding carboxylic acids is 2. The second-order valence-corrected chi connectivity index (χ2v) is 5.64. The largest absolute Gasteiger partial charge is 0.480 e. The SMILES string of the molecule is COc1ncccc1C(=O)N1CCCCC1c1cc(C(N)=O)n[nH]1. The zero-order chi connectivity index (χ0) is 17.1. The summed E-state index contributed by atoms with van der Waals surface area (Å²) in [5, 5.41) is 6.75. The smallest absolute Gasteiger partial charge is 0.269 e. The lowest BCUT2D eigenvalue weighted by molar-refractivity contribution is 0.0601. The third kappa shape index (κ3) is 2.94. The fourth-order valence-corrected chi connectivity index (χ4v) is 3.00. The number of methoxy groups -OCH3 is 1. The highest BCUT2D eigenvalue weighted by atomic mass is 16.5. The molecule has 0 bridgehead atoms. The van der Waals surface area contributed by atoms with Crippen LogP contribution in [0.4, 0.5) is 0 Å². The monoisotopic (exact) mass is 329 g/mol. The summed E-state index contributed by atoms with van der Waals surface area (Å²) in [6.45, 7) is 0.618. The molecule has 0 aliphatic carbocycles. The predicted octanol–water partition coefficient (Wildman–Crippen LogP) is 1.28. The first-order chi connectivity index (χ1) is 11.6. The summed E-state index contributed by atoms with van der Waals surface area (Å²) < 4.78 is 5.19. The van der Waals surface area contributed by atoms with Gasteiger partial charge in [-0.25, -0.2) is 4.98 Å². The minimum atomic E-state index is -0.597. The van der Waals surface area contributed by atoms with Crippen LogP contribution in [0, 0.1) is 0 Å². The zero-order valence-corrected chi connectivity index (χ0v) is 13.4. The Balaban J connectivity index is 1.91. The molecule has 2 aromatic rings. The van der Waals surface area contributed by atoms with Crippen LogP contribution in [0.2, 0.25) is 0 Å². The first-order valence-corrected chi connectivity index (χ1v) is 7.77. The average molecular weight is 329 g/mol. The van der Waals surface area contributed by atoms with Crippen LogP contribution in [-0.2, 0) is 0 Å². The van der Waals surface area contributed by atoms with Crippen LogP contribution in [-0.4, -0.2) is 45.6 Å². The van der Waals surface area contributed by atoms with Crippen molar-refractivity contribution in [3.05, 3.63) is 41.3 Å². The second-order valence-electron chi connectivity index (χ2n) is 5.64. The highest BCUT2D eigenvalue weighted by molar-refractivity contribution is 5.96. The number of aromatic nitrogens is 3. The quantitative estimate of drug-likeness (QED) is 0.877.